The van der Waals surface area contributed by atoms with Gasteiger partial charge in [-0.1, -0.05) is 13.0 Å². The number of benzene rings is 2. The maximum absolute atomic E-state index is 12.5. The maximum atomic E-state index is 12.5. The van der Waals surface area contributed by atoms with E-state index >= 15 is 0 Å². The number of methoxy groups -OCH3 is 2. The van der Waals surface area contributed by atoms with Gasteiger partial charge in [0.2, 0.25) is 5.90 Å². The number of carbonyl (C=O) groups excluding carboxylic acids is 1. The van der Waals surface area contributed by atoms with Crippen LogP contribution in [0.4, 0.5) is 8.78 Å². The Balaban J connectivity index is 1.87. The fourth-order valence-electron chi connectivity index (χ4n) is 2.79. The first-order valence-electron chi connectivity index (χ1n) is 9.41. The third kappa shape index (κ3) is 5.30. The molecule has 0 unspecified atom stereocenters. The Kier molecular flexibility index (Phi) is 7.07. The van der Waals surface area contributed by atoms with Crippen molar-refractivity contribution in [3.8, 4) is 23.0 Å². The van der Waals surface area contributed by atoms with E-state index in [1.54, 1.807) is 24.3 Å². The van der Waals surface area contributed by atoms with Crippen molar-refractivity contribution in [2.24, 2.45) is 4.99 Å². The summed E-state index contributed by atoms with van der Waals surface area (Å²) in [6.07, 6.45) is 2.41. The summed E-state index contributed by atoms with van der Waals surface area (Å²) in [6, 6.07) is 9.36. The van der Waals surface area contributed by atoms with Crippen molar-refractivity contribution in [1.29, 1.82) is 0 Å². The summed E-state index contributed by atoms with van der Waals surface area (Å²) >= 11 is 0. The van der Waals surface area contributed by atoms with Crippen molar-refractivity contribution in [2.45, 2.75) is 20.0 Å². The summed E-state index contributed by atoms with van der Waals surface area (Å²) in [5.74, 6) is 0.418. The van der Waals surface area contributed by atoms with Gasteiger partial charge in [0.05, 0.1) is 20.8 Å². The quantitative estimate of drug-likeness (QED) is 0.430. The van der Waals surface area contributed by atoms with Crippen LogP contribution in [-0.4, -0.2) is 39.3 Å². The Morgan fingerprint density at radius 2 is 1.74 bits per heavy atom. The van der Waals surface area contributed by atoms with E-state index in [9.17, 15) is 13.6 Å². The number of hydrogen-bond donors (Lipinski definition) is 0. The van der Waals surface area contributed by atoms with Crippen molar-refractivity contribution in [3.05, 3.63) is 53.2 Å². The van der Waals surface area contributed by atoms with E-state index in [2.05, 4.69) is 9.73 Å². The minimum atomic E-state index is -2.99. The molecule has 1 heterocycles. The van der Waals surface area contributed by atoms with Gasteiger partial charge in [-0.2, -0.15) is 8.78 Å². The van der Waals surface area contributed by atoms with E-state index in [0.717, 1.165) is 6.42 Å². The van der Waals surface area contributed by atoms with Crippen LogP contribution in [0, 0.1) is 0 Å². The van der Waals surface area contributed by atoms with Gasteiger partial charge in [0.1, 0.15) is 0 Å². The Morgan fingerprint density at radius 1 is 1.03 bits per heavy atom. The molecular formula is C22H21F2NO6. The van der Waals surface area contributed by atoms with Crippen LogP contribution in [0.15, 0.2) is 47.1 Å². The zero-order valence-electron chi connectivity index (χ0n) is 17.2. The highest BCUT2D eigenvalue weighted by Gasteiger charge is 2.25. The summed E-state index contributed by atoms with van der Waals surface area (Å²) in [7, 11) is 2.84. The van der Waals surface area contributed by atoms with Crippen LogP contribution in [0.1, 0.15) is 24.5 Å². The Labute approximate surface area is 177 Å². The van der Waals surface area contributed by atoms with E-state index in [1.807, 2.05) is 6.92 Å². The molecule has 164 valence electrons. The van der Waals surface area contributed by atoms with Crippen molar-refractivity contribution in [3.63, 3.8) is 0 Å². The van der Waals surface area contributed by atoms with Crippen LogP contribution >= 0.6 is 0 Å². The first-order valence-corrected chi connectivity index (χ1v) is 9.41. The Bertz CT molecular complexity index is 1020. The molecule has 2 aromatic carbocycles. The third-order valence-electron chi connectivity index (χ3n) is 4.20. The zero-order valence-corrected chi connectivity index (χ0v) is 17.2. The second kappa shape index (κ2) is 9.92. The summed E-state index contributed by atoms with van der Waals surface area (Å²) in [4.78, 5) is 16.5. The highest BCUT2D eigenvalue weighted by atomic mass is 19.3. The fourth-order valence-corrected chi connectivity index (χ4v) is 2.79. The predicted octanol–water partition coefficient (Wildman–Crippen LogP) is 4.44. The van der Waals surface area contributed by atoms with E-state index in [0.29, 0.717) is 29.2 Å². The molecule has 0 saturated heterocycles. The second-order valence-corrected chi connectivity index (χ2v) is 6.34. The molecular weight excluding hydrogens is 412 g/mol. The smallest absolute Gasteiger partial charge is 0.387 e. The van der Waals surface area contributed by atoms with Gasteiger partial charge in [-0.3, -0.25) is 0 Å². The van der Waals surface area contributed by atoms with Crippen LogP contribution in [0.25, 0.3) is 6.08 Å². The average molecular weight is 433 g/mol. The molecule has 7 nitrogen and oxygen atoms in total. The fraction of sp³-hybridized carbons (Fsp3) is 0.273. The molecule has 0 N–H and O–H groups in total. The minimum Gasteiger partial charge on any atom is -0.493 e. The lowest BCUT2D eigenvalue weighted by molar-refractivity contribution is -0.129. The third-order valence-corrected chi connectivity index (χ3v) is 4.20. The topological polar surface area (TPSA) is 75.6 Å². The van der Waals surface area contributed by atoms with Crippen LogP contribution in [0.3, 0.4) is 0 Å². The molecule has 0 spiro atoms. The number of hydrogen-bond acceptors (Lipinski definition) is 7. The molecule has 0 bridgehead atoms. The molecule has 0 amide bonds. The number of ether oxygens (including phenoxy) is 5. The predicted molar refractivity (Wildman–Crippen MR) is 109 cm³/mol. The van der Waals surface area contributed by atoms with Gasteiger partial charge < -0.3 is 23.7 Å². The van der Waals surface area contributed by atoms with Gasteiger partial charge in [-0.05, 0) is 48.4 Å². The molecule has 9 heteroatoms. The zero-order chi connectivity index (χ0) is 22.4. The van der Waals surface area contributed by atoms with E-state index in [-0.39, 0.29) is 23.1 Å². The number of aliphatic imine (C=N–C) groups is 1. The molecule has 0 aromatic heterocycles. The van der Waals surface area contributed by atoms with E-state index in [4.69, 9.17) is 18.9 Å². The molecule has 0 fully saturated rings. The Hall–Kier alpha value is -3.62. The summed E-state index contributed by atoms with van der Waals surface area (Å²) < 4.78 is 50.6. The molecule has 0 radical (unpaired) electrons. The molecule has 1 aliphatic rings. The molecule has 1 aliphatic heterocycles. The van der Waals surface area contributed by atoms with Crippen molar-refractivity contribution >= 4 is 17.9 Å². The summed E-state index contributed by atoms with van der Waals surface area (Å²) in [5.41, 5.74) is 1.11. The number of rotatable bonds is 9. The number of cyclic esters (lactones) is 1. The highest BCUT2D eigenvalue weighted by molar-refractivity contribution is 6.13. The highest BCUT2D eigenvalue weighted by Crippen LogP contribution is 2.32. The number of carbonyl (C=O) groups is 1. The number of nitrogens with zero attached hydrogens (tertiary/aromatic N) is 1. The van der Waals surface area contributed by atoms with Crippen molar-refractivity contribution in [2.75, 3.05) is 20.8 Å². The minimum absolute atomic E-state index is 0.0213. The van der Waals surface area contributed by atoms with Gasteiger partial charge in [0, 0.05) is 5.56 Å². The van der Waals surface area contributed by atoms with Gasteiger partial charge in [0.25, 0.3) is 0 Å². The first kappa shape index (κ1) is 22.1. The summed E-state index contributed by atoms with van der Waals surface area (Å²) in [6.45, 7) is -0.435. The summed E-state index contributed by atoms with van der Waals surface area (Å²) in [5, 5.41) is 0. The van der Waals surface area contributed by atoms with Gasteiger partial charge in [-0.15, -0.1) is 0 Å². The van der Waals surface area contributed by atoms with E-state index < -0.39 is 12.6 Å². The standard InChI is InChI=1S/C22H21F2NO6/c1-4-9-29-16-7-5-13(11-18(16)27-2)10-15-21(26)31-20(25-15)14-6-8-17(30-22(23)24)19(12-14)28-3/h5-8,10-12,22H,4,9H2,1-3H3/b15-10-. The van der Waals surface area contributed by atoms with Gasteiger partial charge >= 0.3 is 12.6 Å². The molecule has 3 rings (SSSR count). The van der Waals surface area contributed by atoms with Gasteiger partial charge in [0.15, 0.2) is 28.7 Å². The Morgan fingerprint density at radius 3 is 2.42 bits per heavy atom. The number of halogens is 2. The lowest BCUT2D eigenvalue weighted by Gasteiger charge is -2.10. The lowest BCUT2D eigenvalue weighted by Crippen LogP contribution is -2.07. The van der Waals surface area contributed by atoms with Crippen LogP contribution in [0.5, 0.6) is 23.0 Å². The molecule has 31 heavy (non-hydrogen) atoms. The normalized spacial score (nSPS) is 14.5. The van der Waals surface area contributed by atoms with Gasteiger partial charge in [-0.25, -0.2) is 9.79 Å². The first-order chi connectivity index (χ1) is 14.9. The monoisotopic (exact) mass is 433 g/mol. The van der Waals surface area contributed by atoms with Crippen LogP contribution in [-0.2, 0) is 9.53 Å². The number of alkyl halides is 2. The second-order valence-electron chi connectivity index (χ2n) is 6.34. The average Bonchev–Trinajstić information content (AvgIpc) is 3.12. The lowest BCUT2D eigenvalue weighted by atomic mass is 10.1. The molecule has 0 aliphatic carbocycles. The van der Waals surface area contributed by atoms with Crippen molar-refractivity contribution < 1.29 is 37.3 Å². The van der Waals surface area contributed by atoms with Crippen LogP contribution < -0.4 is 18.9 Å². The molecule has 2 aromatic rings. The SMILES string of the molecule is CCCOc1ccc(/C=C2\N=C(c3ccc(OC(F)F)c(OC)c3)OC2=O)cc1OC. The van der Waals surface area contributed by atoms with E-state index in [1.165, 1.54) is 32.4 Å². The maximum Gasteiger partial charge on any atom is 0.387 e. The number of esters is 1. The van der Waals surface area contributed by atoms with Crippen LogP contribution in [0.2, 0.25) is 0 Å². The van der Waals surface area contributed by atoms with Crippen molar-refractivity contribution in [1.82, 2.24) is 0 Å². The largest absolute Gasteiger partial charge is 0.493 e. The molecule has 0 saturated carbocycles. The molecule has 0 atom stereocenters.